The number of amides is 2. The number of carbonyl (C=O) groups is 2. The molecule has 25 heavy (non-hydrogen) atoms. The number of nitrogens with zero attached hydrogens (tertiary/aromatic N) is 1. The van der Waals surface area contributed by atoms with E-state index >= 15 is 0 Å². The van der Waals surface area contributed by atoms with Crippen molar-refractivity contribution in [2.24, 2.45) is 5.92 Å². The number of benzene rings is 1. The Kier molecular flexibility index (Phi) is 7.19. The van der Waals surface area contributed by atoms with Crippen molar-refractivity contribution in [1.82, 2.24) is 5.32 Å². The third-order valence-corrected chi connectivity index (χ3v) is 4.78. The molecule has 1 atom stereocenters. The summed E-state index contributed by atoms with van der Waals surface area (Å²) < 4.78 is 0. The fourth-order valence-corrected chi connectivity index (χ4v) is 3.12. The summed E-state index contributed by atoms with van der Waals surface area (Å²) >= 11 is 0. The van der Waals surface area contributed by atoms with E-state index in [0.717, 1.165) is 37.1 Å². The van der Waals surface area contributed by atoms with Crippen molar-refractivity contribution in [2.75, 3.05) is 18.0 Å². The summed E-state index contributed by atoms with van der Waals surface area (Å²) in [5, 5.41) is 12.8. The minimum Gasteiger partial charge on any atom is -0.391 e. The van der Waals surface area contributed by atoms with Crippen molar-refractivity contribution in [3.05, 3.63) is 35.9 Å². The maximum absolute atomic E-state index is 11.9. The van der Waals surface area contributed by atoms with Crippen LogP contribution in [0.15, 0.2) is 30.3 Å². The molecule has 0 saturated carbocycles. The van der Waals surface area contributed by atoms with Gasteiger partial charge in [-0.15, -0.1) is 0 Å². The van der Waals surface area contributed by atoms with Gasteiger partial charge in [0.05, 0.1) is 6.10 Å². The van der Waals surface area contributed by atoms with E-state index in [1.54, 1.807) is 11.0 Å². The average molecular weight is 344 g/mol. The number of carbonyl (C=O) groups excluding carboxylic acids is 2. The molecule has 1 unspecified atom stereocenters. The van der Waals surface area contributed by atoms with Gasteiger partial charge >= 0.3 is 0 Å². The van der Waals surface area contributed by atoms with Crippen molar-refractivity contribution < 1.29 is 14.7 Å². The molecule has 0 spiro atoms. The summed E-state index contributed by atoms with van der Waals surface area (Å²) in [7, 11) is 0. The predicted octanol–water partition coefficient (Wildman–Crippen LogP) is 2.74. The highest BCUT2D eigenvalue weighted by Crippen LogP contribution is 2.21. The number of aliphatic hydroxyl groups excluding tert-OH is 1. The van der Waals surface area contributed by atoms with Crippen LogP contribution >= 0.6 is 0 Å². The second kappa shape index (κ2) is 9.37. The zero-order chi connectivity index (χ0) is 18.2. The van der Waals surface area contributed by atoms with Crippen LogP contribution in [-0.4, -0.2) is 36.1 Å². The maximum Gasteiger partial charge on any atom is 0.244 e. The molecule has 0 bridgehead atoms. The van der Waals surface area contributed by atoms with Gasteiger partial charge in [0.15, 0.2) is 0 Å². The molecular formula is C20H28N2O3. The van der Waals surface area contributed by atoms with Crippen LogP contribution in [0, 0.1) is 5.92 Å². The van der Waals surface area contributed by atoms with Gasteiger partial charge in [0.1, 0.15) is 0 Å². The predicted molar refractivity (Wildman–Crippen MR) is 100 cm³/mol. The van der Waals surface area contributed by atoms with Crippen molar-refractivity contribution in [3.63, 3.8) is 0 Å². The van der Waals surface area contributed by atoms with Crippen molar-refractivity contribution in [3.8, 4) is 0 Å². The Hall–Kier alpha value is -2.14. The van der Waals surface area contributed by atoms with E-state index in [1.165, 1.54) is 6.08 Å². The molecule has 1 aromatic carbocycles. The molecule has 1 heterocycles. The zero-order valence-corrected chi connectivity index (χ0v) is 15.1. The minimum atomic E-state index is -0.510. The summed E-state index contributed by atoms with van der Waals surface area (Å²) in [5.41, 5.74) is 1.79. The van der Waals surface area contributed by atoms with Crippen LogP contribution in [0.1, 0.15) is 45.1 Å². The molecule has 2 rings (SSSR count). The first-order valence-corrected chi connectivity index (χ1v) is 9.09. The molecule has 0 aromatic heterocycles. The zero-order valence-electron chi connectivity index (χ0n) is 15.1. The smallest absolute Gasteiger partial charge is 0.244 e. The number of rotatable bonds is 8. The lowest BCUT2D eigenvalue weighted by molar-refractivity contribution is -0.117. The van der Waals surface area contributed by atoms with Crippen LogP contribution in [0.2, 0.25) is 0 Å². The molecular weight excluding hydrogens is 316 g/mol. The molecule has 5 nitrogen and oxygen atoms in total. The molecule has 1 aliphatic heterocycles. The molecule has 1 aliphatic rings. The second-order valence-corrected chi connectivity index (χ2v) is 6.46. The average Bonchev–Trinajstić information content (AvgIpc) is 3.05. The van der Waals surface area contributed by atoms with E-state index in [0.29, 0.717) is 6.42 Å². The second-order valence-electron chi connectivity index (χ2n) is 6.46. The van der Waals surface area contributed by atoms with Crippen LogP contribution in [0.25, 0.3) is 6.08 Å². The summed E-state index contributed by atoms with van der Waals surface area (Å²) in [5.74, 6) is 0.160. The number of hydrogen-bond donors (Lipinski definition) is 2. The van der Waals surface area contributed by atoms with Gasteiger partial charge < -0.3 is 15.3 Å². The van der Waals surface area contributed by atoms with Gasteiger partial charge in [-0.25, -0.2) is 0 Å². The van der Waals surface area contributed by atoms with Crippen molar-refractivity contribution in [1.29, 1.82) is 0 Å². The first-order chi connectivity index (χ1) is 12.0. The largest absolute Gasteiger partial charge is 0.391 e. The Morgan fingerprint density at radius 3 is 2.52 bits per heavy atom. The lowest BCUT2D eigenvalue weighted by Gasteiger charge is -2.19. The van der Waals surface area contributed by atoms with Crippen molar-refractivity contribution >= 4 is 23.6 Å². The molecule has 1 saturated heterocycles. The summed E-state index contributed by atoms with van der Waals surface area (Å²) in [6, 6.07) is 7.59. The summed E-state index contributed by atoms with van der Waals surface area (Å²) in [6.45, 7) is 5.12. The number of aliphatic hydroxyl groups is 1. The normalized spacial score (nSPS) is 16.0. The Bertz CT molecular complexity index is 606. The highest BCUT2D eigenvalue weighted by atomic mass is 16.3. The van der Waals surface area contributed by atoms with E-state index in [-0.39, 0.29) is 24.3 Å². The van der Waals surface area contributed by atoms with E-state index in [1.807, 2.05) is 38.1 Å². The lowest BCUT2D eigenvalue weighted by atomic mass is 9.96. The van der Waals surface area contributed by atoms with Gasteiger partial charge in [0.2, 0.25) is 11.8 Å². The SMILES string of the molecule is CCC(CC)C(O)CNC(=O)/C=C/c1ccc(N2CCCC2=O)cc1. The van der Waals surface area contributed by atoms with Gasteiger partial charge in [-0.2, -0.15) is 0 Å². The van der Waals surface area contributed by atoms with Gasteiger partial charge in [0.25, 0.3) is 0 Å². The lowest BCUT2D eigenvalue weighted by Crippen LogP contribution is -2.35. The third kappa shape index (κ3) is 5.43. The van der Waals surface area contributed by atoms with E-state index in [9.17, 15) is 14.7 Å². The molecule has 136 valence electrons. The Balaban J connectivity index is 1.84. The van der Waals surface area contributed by atoms with Gasteiger partial charge in [-0.1, -0.05) is 38.8 Å². The standard InChI is InChI=1S/C20H28N2O3/c1-3-16(4-2)18(23)14-21-19(24)12-9-15-7-10-17(11-8-15)22-13-5-6-20(22)25/h7-12,16,18,23H,3-6,13-14H2,1-2H3,(H,21,24)/b12-9+. The Morgan fingerprint density at radius 1 is 1.28 bits per heavy atom. The minimum absolute atomic E-state index is 0.165. The molecule has 0 aliphatic carbocycles. The molecule has 1 fully saturated rings. The summed E-state index contributed by atoms with van der Waals surface area (Å²) in [6.07, 6.45) is 6.01. The Morgan fingerprint density at radius 2 is 1.96 bits per heavy atom. The van der Waals surface area contributed by atoms with Crippen molar-refractivity contribution in [2.45, 2.75) is 45.6 Å². The summed E-state index contributed by atoms with van der Waals surface area (Å²) in [4.78, 5) is 25.4. The maximum atomic E-state index is 11.9. The highest BCUT2D eigenvalue weighted by molar-refractivity contribution is 5.95. The topological polar surface area (TPSA) is 69.6 Å². The van der Waals surface area contributed by atoms with Crippen LogP contribution < -0.4 is 10.2 Å². The van der Waals surface area contributed by atoms with E-state index in [4.69, 9.17) is 0 Å². The molecule has 1 aromatic rings. The molecule has 2 N–H and O–H groups in total. The van der Waals surface area contributed by atoms with Crippen LogP contribution in [0.4, 0.5) is 5.69 Å². The number of anilines is 1. The van der Waals surface area contributed by atoms with Crippen LogP contribution in [0.5, 0.6) is 0 Å². The van der Waals surface area contributed by atoms with Crippen LogP contribution in [0.3, 0.4) is 0 Å². The highest BCUT2D eigenvalue weighted by Gasteiger charge is 2.21. The Labute approximate surface area is 149 Å². The fraction of sp³-hybridized carbons (Fsp3) is 0.500. The van der Waals surface area contributed by atoms with Crippen LogP contribution in [-0.2, 0) is 9.59 Å². The first kappa shape index (κ1) is 19.2. The van der Waals surface area contributed by atoms with Gasteiger partial charge in [-0.3, -0.25) is 9.59 Å². The monoisotopic (exact) mass is 344 g/mol. The van der Waals surface area contributed by atoms with Gasteiger partial charge in [0, 0.05) is 31.3 Å². The fourth-order valence-electron chi connectivity index (χ4n) is 3.12. The molecule has 0 radical (unpaired) electrons. The van der Waals surface area contributed by atoms with E-state index in [2.05, 4.69) is 5.32 Å². The first-order valence-electron chi connectivity index (χ1n) is 9.09. The molecule has 2 amide bonds. The number of nitrogens with one attached hydrogen (secondary N) is 1. The molecule has 5 heteroatoms. The van der Waals surface area contributed by atoms with Gasteiger partial charge in [-0.05, 0) is 36.1 Å². The quantitative estimate of drug-likeness (QED) is 0.713. The third-order valence-electron chi connectivity index (χ3n) is 4.78. The van der Waals surface area contributed by atoms with E-state index < -0.39 is 6.10 Å². The number of hydrogen-bond acceptors (Lipinski definition) is 3.